The minimum absolute atomic E-state index is 0.141. The molecule has 4 rings (SSSR count). The highest BCUT2D eigenvalue weighted by molar-refractivity contribution is 5.93. The molecule has 3 N–H and O–H groups in total. The summed E-state index contributed by atoms with van der Waals surface area (Å²) in [6, 6.07) is 17.1. The number of phenolic OH excluding ortho intramolecular Hbond substituents is 1. The fraction of sp³-hybridized carbons (Fsp3) is 0.238. The molecule has 2 aromatic carbocycles. The summed E-state index contributed by atoms with van der Waals surface area (Å²) in [5.41, 5.74) is 4.24. The number of amides is 1. The summed E-state index contributed by atoms with van der Waals surface area (Å²) >= 11 is 0. The lowest BCUT2D eigenvalue weighted by atomic mass is 10.1. The molecule has 0 bridgehead atoms. The number of benzene rings is 2. The molecular formula is C21H22N4O2. The highest BCUT2D eigenvalue weighted by Crippen LogP contribution is 2.28. The van der Waals surface area contributed by atoms with Crippen molar-refractivity contribution in [3.8, 4) is 17.0 Å². The van der Waals surface area contributed by atoms with Crippen LogP contribution in [-0.2, 0) is 6.42 Å². The summed E-state index contributed by atoms with van der Waals surface area (Å²) in [5, 5.41) is 19.7. The lowest BCUT2D eigenvalue weighted by Crippen LogP contribution is -2.29. The van der Waals surface area contributed by atoms with Gasteiger partial charge in [-0.25, -0.2) is 0 Å². The van der Waals surface area contributed by atoms with Crippen molar-refractivity contribution in [3.05, 3.63) is 65.9 Å². The number of para-hydroxylation sites is 2. The number of aromatic hydroxyl groups is 1. The van der Waals surface area contributed by atoms with Gasteiger partial charge in [-0.3, -0.25) is 9.89 Å². The molecule has 0 saturated heterocycles. The Kier molecular flexibility index (Phi) is 4.78. The number of phenols is 1. The maximum atomic E-state index is 12.3. The van der Waals surface area contributed by atoms with Gasteiger partial charge in [0.15, 0.2) is 0 Å². The number of aromatic amines is 1. The first-order chi connectivity index (χ1) is 13.2. The number of rotatable bonds is 6. The minimum atomic E-state index is -0.189. The number of hydrogen-bond acceptors (Lipinski definition) is 4. The summed E-state index contributed by atoms with van der Waals surface area (Å²) in [7, 11) is 0. The van der Waals surface area contributed by atoms with Gasteiger partial charge in [0.05, 0.1) is 5.69 Å². The quantitative estimate of drug-likeness (QED) is 0.589. The van der Waals surface area contributed by atoms with Crippen molar-refractivity contribution in [1.29, 1.82) is 0 Å². The van der Waals surface area contributed by atoms with Crippen LogP contribution >= 0.6 is 0 Å². The van der Waals surface area contributed by atoms with Gasteiger partial charge in [-0.05, 0) is 42.7 Å². The van der Waals surface area contributed by atoms with Gasteiger partial charge in [-0.1, -0.05) is 30.3 Å². The predicted molar refractivity (Wildman–Crippen MR) is 105 cm³/mol. The van der Waals surface area contributed by atoms with E-state index >= 15 is 0 Å². The monoisotopic (exact) mass is 362 g/mol. The molecule has 2 heterocycles. The summed E-state index contributed by atoms with van der Waals surface area (Å²) < 4.78 is 0. The van der Waals surface area contributed by atoms with Gasteiger partial charge < -0.3 is 15.3 Å². The third-order valence-electron chi connectivity index (χ3n) is 4.88. The summed E-state index contributed by atoms with van der Waals surface area (Å²) in [4.78, 5) is 14.7. The molecule has 1 aliphatic rings. The second-order valence-corrected chi connectivity index (χ2v) is 6.66. The average molecular weight is 362 g/mol. The van der Waals surface area contributed by atoms with E-state index in [0.717, 1.165) is 25.9 Å². The first-order valence-corrected chi connectivity index (χ1v) is 9.17. The molecule has 3 aromatic rings. The number of carbonyl (C=O) groups excluding carboxylic acids is 1. The molecule has 0 unspecified atom stereocenters. The highest BCUT2D eigenvalue weighted by Gasteiger charge is 2.18. The highest BCUT2D eigenvalue weighted by atomic mass is 16.3. The Hall–Kier alpha value is -3.28. The number of hydrogen-bond donors (Lipinski definition) is 3. The fourth-order valence-electron chi connectivity index (χ4n) is 3.47. The number of fused-ring (bicyclic) bond motifs is 1. The van der Waals surface area contributed by atoms with E-state index < -0.39 is 0 Å². The SMILES string of the molecule is O=C(NCCCN1CCc2ccccc21)c1cc(-c2ccccc2O)n[nH]1. The van der Waals surface area contributed by atoms with Crippen molar-refractivity contribution < 1.29 is 9.90 Å². The summed E-state index contributed by atoms with van der Waals surface area (Å²) in [5.74, 6) is -0.0483. The van der Waals surface area contributed by atoms with Crippen LogP contribution in [0.25, 0.3) is 11.3 Å². The van der Waals surface area contributed by atoms with E-state index in [9.17, 15) is 9.90 Å². The van der Waals surface area contributed by atoms with E-state index in [0.29, 0.717) is 23.5 Å². The van der Waals surface area contributed by atoms with Gasteiger partial charge in [-0.15, -0.1) is 0 Å². The maximum Gasteiger partial charge on any atom is 0.269 e. The van der Waals surface area contributed by atoms with Crippen molar-refractivity contribution in [2.45, 2.75) is 12.8 Å². The number of nitrogens with one attached hydrogen (secondary N) is 2. The normalized spacial score (nSPS) is 12.8. The van der Waals surface area contributed by atoms with E-state index in [-0.39, 0.29) is 11.7 Å². The molecular weight excluding hydrogens is 340 g/mol. The Morgan fingerprint density at radius 3 is 2.89 bits per heavy atom. The second-order valence-electron chi connectivity index (χ2n) is 6.66. The lowest BCUT2D eigenvalue weighted by Gasteiger charge is -2.19. The van der Waals surface area contributed by atoms with Crippen LogP contribution in [-0.4, -0.2) is 40.8 Å². The zero-order valence-corrected chi connectivity index (χ0v) is 15.0. The molecule has 27 heavy (non-hydrogen) atoms. The van der Waals surface area contributed by atoms with Crippen LogP contribution in [0.2, 0.25) is 0 Å². The van der Waals surface area contributed by atoms with Crippen LogP contribution in [0.3, 0.4) is 0 Å². The second kappa shape index (κ2) is 7.53. The van der Waals surface area contributed by atoms with Gasteiger partial charge in [0.25, 0.3) is 5.91 Å². The molecule has 0 spiro atoms. The molecule has 0 atom stereocenters. The van der Waals surface area contributed by atoms with Crippen LogP contribution in [0.15, 0.2) is 54.6 Å². The molecule has 1 aromatic heterocycles. The van der Waals surface area contributed by atoms with Crippen LogP contribution < -0.4 is 10.2 Å². The largest absolute Gasteiger partial charge is 0.507 e. The molecule has 0 fully saturated rings. The topological polar surface area (TPSA) is 81.2 Å². The third-order valence-corrected chi connectivity index (χ3v) is 4.88. The summed E-state index contributed by atoms with van der Waals surface area (Å²) in [6.45, 7) is 2.56. The summed E-state index contributed by atoms with van der Waals surface area (Å²) in [6.07, 6.45) is 1.96. The Labute approximate surface area is 157 Å². The van der Waals surface area contributed by atoms with Crippen LogP contribution in [0.4, 0.5) is 5.69 Å². The van der Waals surface area contributed by atoms with Gasteiger partial charge in [0.2, 0.25) is 0 Å². The van der Waals surface area contributed by atoms with Crippen molar-refractivity contribution in [3.63, 3.8) is 0 Å². The van der Waals surface area contributed by atoms with Crippen molar-refractivity contribution in [1.82, 2.24) is 15.5 Å². The molecule has 6 nitrogen and oxygen atoms in total. The molecule has 1 amide bonds. The molecule has 138 valence electrons. The number of H-pyrrole nitrogens is 1. The van der Waals surface area contributed by atoms with Crippen molar-refractivity contribution in [2.75, 3.05) is 24.5 Å². The average Bonchev–Trinajstić information content (AvgIpc) is 3.33. The fourth-order valence-corrected chi connectivity index (χ4v) is 3.47. The maximum absolute atomic E-state index is 12.3. The van der Waals surface area contributed by atoms with Gasteiger partial charge >= 0.3 is 0 Å². The predicted octanol–water partition coefficient (Wildman–Crippen LogP) is 2.96. The van der Waals surface area contributed by atoms with Crippen molar-refractivity contribution >= 4 is 11.6 Å². The number of anilines is 1. The van der Waals surface area contributed by atoms with Crippen LogP contribution in [0, 0.1) is 0 Å². The molecule has 0 radical (unpaired) electrons. The van der Waals surface area contributed by atoms with Gasteiger partial charge in [0, 0.05) is 30.9 Å². The molecule has 0 saturated carbocycles. The smallest absolute Gasteiger partial charge is 0.269 e. The Morgan fingerprint density at radius 2 is 2.00 bits per heavy atom. The van der Waals surface area contributed by atoms with E-state index in [1.54, 1.807) is 24.3 Å². The Morgan fingerprint density at radius 1 is 1.19 bits per heavy atom. The van der Waals surface area contributed by atoms with Gasteiger partial charge in [-0.2, -0.15) is 5.10 Å². The van der Waals surface area contributed by atoms with Crippen LogP contribution in [0.5, 0.6) is 5.75 Å². The Balaban J connectivity index is 1.29. The number of aromatic nitrogens is 2. The Bertz CT molecular complexity index is 951. The van der Waals surface area contributed by atoms with Crippen molar-refractivity contribution in [2.24, 2.45) is 0 Å². The van der Waals surface area contributed by atoms with Crippen LogP contribution in [0.1, 0.15) is 22.5 Å². The number of nitrogens with zero attached hydrogens (tertiary/aromatic N) is 2. The minimum Gasteiger partial charge on any atom is -0.507 e. The molecule has 1 aliphatic heterocycles. The van der Waals surface area contributed by atoms with E-state index in [1.165, 1.54) is 11.3 Å². The number of carbonyl (C=O) groups is 1. The first-order valence-electron chi connectivity index (χ1n) is 9.17. The lowest BCUT2D eigenvalue weighted by molar-refractivity contribution is 0.0948. The zero-order chi connectivity index (χ0) is 18.6. The van der Waals surface area contributed by atoms with Gasteiger partial charge in [0.1, 0.15) is 11.4 Å². The molecule has 6 heteroatoms. The first kappa shape index (κ1) is 17.1. The zero-order valence-electron chi connectivity index (χ0n) is 15.0. The van der Waals surface area contributed by atoms with E-state index in [4.69, 9.17) is 0 Å². The van der Waals surface area contributed by atoms with E-state index in [2.05, 4.69) is 44.7 Å². The molecule has 0 aliphatic carbocycles. The third kappa shape index (κ3) is 3.65. The van der Waals surface area contributed by atoms with E-state index in [1.807, 2.05) is 6.07 Å². The standard InChI is InChI=1S/C21H22N4O2/c26-20-9-4-2-7-16(20)17-14-18(24-23-17)21(27)22-11-5-12-25-13-10-15-6-1-3-8-19(15)25/h1-4,6-9,14,26H,5,10-13H2,(H,22,27)(H,23,24).